The van der Waals surface area contributed by atoms with Gasteiger partial charge in [-0.05, 0) is 47.9 Å². The molecule has 10 heteroatoms. The molecule has 36 heavy (non-hydrogen) atoms. The molecule has 3 heterocycles. The van der Waals surface area contributed by atoms with Crippen molar-refractivity contribution in [3.63, 3.8) is 0 Å². The van der Waals surface area contributed by atoms with Crippen LogP contribution < -0.4 is 9.77 Å². The van der Waals surface area contributed by atoms with Crippen molar-refractivity contribution in [3.8, 4) is 0 Å². The summed E-state index contributed by atoms with van der Waals surface area (Å²) in [5, 5.41) is 0.869. The Hall–Kier alpha value is -2.85. The number of anilines is 1. The van der Waals surface area contributed by atoms with Gasteiger partial charge in [-0.25, -0.2) is 0 Å². The quantitative estimate of drug-likeness (QED) is 0.468. The van der Waals surface area contributed by atoms with Gasteiger partial charge in [0.1, 0.15) is 0 Å². The molecule has 1 saturated heterocycles. The Morgan fingerprint density at radius 2 is 1.64 bits per heavy atom. The lowest BCUT2D eigenvalue weighted by molar-refractivity contribution is -0.137. The molecule has 2 amide bonds. The van der Waals surface area contributed by atoms with Gasteiger partial charge < -0.3 is 4.98 Å². The predicted octanol–water partition coefficient (Wildman–Crippen LogP) is 5.13. The minimum absolute atomic E-state index is 0.0210. The Bertz CT molecular complexity index is 1470. The molecular weight excluding hydrogens is 509 g/mol. The van der Waals surface area contributed by atoms with E-state index in [2.05, 4.69) is 4.98 Å². The smallest absolute Gasteiger partial charge is 0.307 e. The van der Waals surface area contributed by atoms with E-state index in [4.69, 9.17) is 0 Å². The van der Waals surface area contributed by atoms with Crippen LogP contribution in [-0.4, -0.2) is 22.0 Å². The number of nitrogens with one attached hydrogen (secondary N) is 1. The van der Waals surface area contributed by atoms with Crippen LogP contribution in [0, 0.1) is 29.6 Å². The second-order valence-electron chi connectivity index (χ2n) is 9.93. The third-order valence-corrected chi connectivity index (χ3v) is 10.9. The van der Waals surface area contributed by atoms with Crippen molar-refractivity contribution in [3.05, 3.63) is 80.3 Å². The van der Waals surface area contributed by atoms with Gasteiger partial charge in [-0.2, -0.15) is 13.2 Å². The van der Waals surface area contributed by atoms with E-state index in [-0.39, 0.29) is 39.5 Å². The van der Waals surface area contributed by atoms with Gasteiger partial charge in [0.05, 0.1) is 28.1 Å². The molecule has 7 atom stereocenters. The van der Waals surface area contributed by atoms with Gasteiger partial charge in [0.2, 0.25) is 11.8 Å². The lowest BCUT2D eigenvalue weighted by Gasteiger charge is -2.43. The molecule has 1 N–H and O–H groups in total. The van der Waals surface area contributed by atoms with E-state index in [1.54, 1.807) is 11.8 Å². The van der Waals surface area contributed by atoms with E-state index in [9.17, 15) is 27.6 Å². The summed E-state index contributed by atoms with van der Waals surface area (Å²) in [7, 11) is 0. The first-order chi connectivity index (χ1) is 17.2. The highest BCUT2D eigenvalue weighted by Crippen LogP contribution is 2.68. The number of benzene rings is 2. The standard InChI is InChI=1S/C26H19F3N2O3S2/c27-26(28,29)12-7-4-8-13(9-12)31-23(32)18-14-10-15(19(18)24(31)33)20-17(14)16(11-5-2-1-3-6-11)21-22(35-20)30-25(34)36-21/h1-9,14-20H,10H2,(H,30,34)/t14-,15+,16+,17+,18+,19+,20-/m0/s1. The van der Waals surface area contributed by atoms with Crippen LogP contribution in [0.4, 0.5) is 18.9 Å². The number of alkyl halides is 3. The fourth-order valence-corrected chi connectivity index (χ4v) is 10.0. The minimum atomic E-state index is -4.57. The number of imide groups is 1. The molecule has 184 valence electrons. The Labute approximate surface area is 211 Å². The van der Waals surface area contributed by atoms with E-state index >= 15 is 0 Å². The number of hydrogen-bond donors (Lipinski definition) is 1. The molecule has 4 aliphatic rings. The van der Waals surface area contributed by atoms with Crippen LogP contribution in [-0.2, 0) is 15.8 Å². The van der Waals surface area contributed by atoms with Crippen molar-refractivity contribution in [2.75, 3.05) is 4.90 Å². The topological polar surface area (TPSA) is 70.2 Å². The fraction of sp³-hybridized carbons (Fsp3) is 0.346. The number of amides is 2. The molecule has 0 unspecified atom stereocenters. The van der Waals surface area contributed by atoms with Crippen molar-refractivity contribution < 1.29 is 22.8 Å². The van der Waals surface area contributed by atoms with Gasteiger partial charge in [0.15, 0.2) is 0 Å². The second kappa shape index (κ2) is 7.58. The van der Waals surface area contributed by atoms with Gasteiger partial charge in [-0.3, -0.25) is 19.3 Å². The van der Waals surface area contributed by atoms with Gasteiger partial charge in [-0.1, -0.05) is 47.7 Å². The number of carbonyl (C=O) groups excluding carboxylic acids is 2. The Morgan fingerprint density at radius 1 is 0.917 bits per heavy atom. The zero-order valence-corrected chi connectivity index (χ0v) is 20.2. The van der Waals surface area contributed by atoms with Gasteiger partial charge in [0, 0.05) is 16.0 Å². The Kier molecular flexibility index (Phi) is 4.71. The first-order valence-corrected chi connectivity index (χ1v) is 13.4. The molecule has 7 rings (SSSR count). The number of nitrogens with zero attached hydrogens (tertiary/aromatic N) is 1. The molecule has 1 aromatic heterocycles. The summed E-state index contributed by atoms with van der Waals surface area (Å²) in [5.41, 5.74) is 0.162. The summed E-state index contributed by atoms with van der Waals surface area (Å²) in [6.45, 7) is 0. The maximum absolute atomic E-state index is 13.7. The second-order valence-corrected chi connectivity index (χ2v) is 12.1. The van der Waals surface area contributed by atoms with Crippen LogP contribution >= 0.6 is 23.1 Å². The number of thiazole rings is 1. The summed E-state index contributed by atoms with van der Waals surface area (Å²) in [4.78, 5) is 44.3. The van der Waals surface area contributed by atoms with E-state index in [1.165, 1.54) is 23.5 Å². The molecule has 2 aliphatic heterocycles. The van der Waals surface area contributed by atoms with Crippen molar-refractivity contribution in [2.45, 2.75) is 28.8 Å². The summed E-state index contributed by atoms with van der Waals surface area (Å²) in [6, 6.07) is 14.4. The number of thioether (sulfide) groups is 1. The fourth-order valence-electron chi connectivity index (χ4n) is 7.13. The number of hydrogen-bond acceptors (Lipinski definition) is 5. The van der Waals surface area contributed by atoms with Crippen LogP contribution in [0.15, 0.2) is 64.4 Å². The first kappa shape index (κ1) is 22.4. The van der Waals surface area contributed by atoms with E-state index in [0.717, 1.165) is 38.9 Å². The SMILES string of the molecule is O=C1[C@@H]2[C@H]3C[C@@H]([C@@H]4Sc5[nH]c(=O)sc5[C@H](c5ccccc5)[C@@H]34)[C@H]2C(=O)N1c1cccc(C(F)(F)F)c1. The van der Waals surface area contributed by atoms with E-state index < -0.39 is 35.4 Å². The van der Waals surface area contributed by atoms with Gasteiger partial charge in [0.25, 0.3) is 0 Å². The average molecular weight is 529 g/mol. The maximum Gasteiger partial charge on any atom is 0.416 e. The highest BCUT2D eigenvalue weighted by Gasteiger charge is 2.69. The summed E-state index contributed by atoms with van der Waals surface area (Å²) in [6.07, 6.45) is -3.84. The van der Waals surface area contributed by atoms with Crippen LogP contribution in [0.3, 0.4) is 0 Å². The summed E-state index contributed by atoms with van der Waals surface area (Å²) >= 11 is 2.79. The molecule has 2 saturated carbocycles. The number of fused-ring (bicyclic) bond motifs is 9. The third-order valence-electron chi connectivity index (χ3n) is 8.31. The maximum atomic E-state index is 13.7. The van der Waals surface area contributed by atoms with E-state index in [1.807, 2.05) is 30.3 Å². The number of carbonyl (C=O) groups is 2. The molecule has 2 aromatic carbocycles. The highest BCUT2D eigenvalue weighted by molar-refractivity contribution is 8.00. The van der Waals surface area contributed by atoms with Crippen LogP contribution in [0.1, 0.15) is 28.3 Å². The number of rotatable bonds is 2. The monoisotopic (exact) mass is 528 g/mol. The lowest BCUT2D eigenvalue weighted by Crippen LogP contribution is -2.42. The number of aromatic nitrogens is 1. The summed E-state index contributed by atoms with van der Waals surface area (Å²) in [5.74, 6) is -2.09. The Balaban J connectivity index is 1.30. The van der Waals surface area contributed by atoms with Crippen molar-refractivity contribution in [2.24, 2.45) is 29.6 Å². The highest BCUT2D eigenvalue weighted by atomic mass is 32.2. The van der Waals surface area contributed by atoms with E-state index in [0.29, 0.717) is 0 Å². The minimum Gasteiger partial charge on any atom is -0.307 e. The molecule has 2 bridgehead atoms. The number of H-pyrrole nitrogens is 1. The number of halogens is 3. The summed E-state index contributed by atoms with van der Waals surface area (Å²) < 4.78 is 40.0. The predicted molar refractivity (Wildman–Crippen MR) is 129 cm³/mol. The van der Waals surface area contributed by atoms with Crippen molar-refractivity contribution in [1.82, 2.24) is 4.98 Å². The van der Waals surface area contributed by atoms with Crippen LogP contribution in [0.2, 0.25) is 0 Å². The van der Waals surface area contributed by atoms with Crippen molar-refractivity contribution >= 4 is 40.6 Å². The molecule has 3 aromatic rings. The van der Waals surface area contributed by atoms with Gasteiger partial charge >= 0.3 is 11.0 Å². The first-order valence-electron chi connectivity index (χ1n) is 11.7. The Morgan fingerprint density at radius 3 is 2.36 bits per heavy atom. The zero-order chi connectivity index (χ0) is 24.9. The normalized spacial score (nSPS) is 32.5. The van der Waals surface area contributed by atoms with Crippen LogP contribution in [0.25, 0.3) is 0 Å². The molecule has 5 nitrogen and oxygen atoms in total. The van der Waals surface area contributed by atoms with Crippen molar-refractivity contribution in [1.29, 1.82) is 0 Å². The number of aromatic amines is 1. The lowest BCUT2D eigenvalue weighted by atomic mass is 9.68. The largest absolute Gasteiger partial charge is 0.416 e. The third kappa shape index (κ3) is 3.00. The molecule has 3 fully saturated rings. The van der Waals surface area contributed by atoms with Crippen LogP contribution in [0.5, 0.6) is 0 Å². The molecule has 0 radical (unpaired) electrons. The molecule has 2 aliphatic carbocycles. The zero-order valence-electron chi connectivity index (χ0n) is 18.6. The molecular formula is C26H19F3N2O3S2. The molecule has 0 spiro atoms. The average Bonchev–Trinajstić information content (AvgIpc) is 3.58. The van der Waals surface area contributed by atoms with Gasteiger partial charge in [-0.15, -0.1) is 11.8 Å².